The average molecular weight is 373 g/mol. The van der Waals surface area contributed by atoms with E-state index >= 15 is 0 Å². The summed E-state index contributed by atoms with van der Waals surface area (Å²) in [5.41, 5.74) is 5.63. The van der Waals surface area contributed by atoms with Crippen LogP contribution in [0.1, 0.15) is 56.1 Å². The normalized spacial score (nSPS) is 14.2. The van der Waals surface area contributed by atoms with Gasteiger partial charge in [-0.3, -0.25) is 9.59 Å². The number of hydrogen-bond donors (Lipinski definition) is 1. The first-order valence-electron chi connectivity index (χ1n) is 9.57. The van der Waals surface area contributed by atoms with Crippen LogP contribution >= 0.6 is 0 Å². The summed E-state index contributed by atoms with van der Waals surface area (Å²) in [6.45, 7) is 4.51. The van der Waals surface area contributed by atoms with Crippen molar-refractivity contribution in [3.63, 3.8) is 0 Å². The van der Waals surface area contributed by atoms with Gasteiger partial charge in [0, 0.05) is 30.4 Å². The second-order valence-electron chi connectivity index (χ2n) is 7.34. The number of Topliss-reactive ketones (excluding diaryl/α,β-unsaturated/α-hetero) is 1. The van der Waals surface area contributed by atoms with Crippen LogP contribution in [0.5, 0.6) is 0 Å². The Morgan fingerprint density at radius 1 is 1.11 bits per heavy atom. The molecule has 0 aliphatic heterocycles. The molecule has 2 aromatic heterocycles. The van der Waals surface area contributed by atoms with E-state index in [4.69, 9.17) is 0 Å². The third kappa shape index (κ3) is 3.48. The van der Waals surface area contributed by atoms with Crippen molar-refractivity contribution in [2.45, 2.75) is 39.7 Å². The zero-order chi connectivity index (χ0) is 19.7. The van der Waals surface area contributed by atoms with Gasteiger partial charge < -0.3 is 9.55 Å². The topological polar surface area (TPSA) is 67.2 Å². The zero-order valence-corrected chi connectivity index (χ0v) is 16.2. The number of aromatic amines is 1. The van der Waals surface area contributed by atoms with Crippen LogP contribution in [0, 0.1) is 13.8 Å². The molecule has 4 rings (SSSR count). The molecule has 0 saturated carbocycles. The Labute approximate surface area is 163 Å². The van der Waals surface area contributed by atoms with Gasteiger partial charge in [-0.2, -0.15) is 4.99 Å². The standard InChI is InChI=1S/C23H23N3O2/c1-15-9-11-17(12-10-15)14-26-13-4-3-8-20(26)25-23(28)22-16(2)21-18(24-22)6-5-7-19(21)27/h3-4,8-13,24H,5-7,14H2,1-2H3. The molecular weight excluding hydrogens is 350 g/mol. The van der Waals surface area contributed by atoms with Crippen molar-refractivity contribution in [1.29, 1.82) is 0 Å². The number of aryl methyl sites for hydroxylation is 2. The summed E-state index contributed by atoms with van der Waals surface area (Å²) < 4.78 is 1.95. The number of nitrogens with zero attached hydrogens (tertiary/aromatic N) is 2. The summed E-state index contributed by atoms with van der Waals surface area (Å²) in [5.74, 6) is -0.230. The Balaban J connectivity index is 1.69. The summed E-state index contributed by atoms with van der Waals surface area (Å²) in [7, 11) is 0. The van der Waals surface area contributed by atoms with Crippen molar-refractivity contribution in [3.8, 4) is 0 Å². The highest BCUT2D eigenvalue weighted by Gasteiger charge is 2.26. The second kappa shape index (κ2) is 7.43. The summed E-state index contributed by atoms with van der Waals surface area (Å²) >= 11 is 0. The molecule has 0 fully saturated rings. The smallest absolute Gasteiger partial charge is 0.295 e. The number of ketones is 1. The van der Waals surface area contributed by atoms with Crippen molar-refractivity contribution in [2.24, 2.45) is 4.99 Å². The molecule has 1 aliphatic carbocycles. The maximum Gasteiger partial charge on any atom is 0.295 e. The molecule has 28 heavy (non-hydrogen) atoms. The summed E-state index contributed by atoms with van der Waals surface area (Å²) in [6.07, 6.45) is 4.09. The highest BCUT2D eigenvalue weighted by atomic mass is 16.1. The summed E-state index contributed by atoms with van der Waals surface area (Å²) in [4.78, 5) is 32.6. The molecule has 0 bridgehead atoms. The third-order valence-corrected chi connectivity index (χ3v) is 5.26. The van der Waals surface area contributed by atoms with E-state index in [0.29, 0.717) is 29.7 Å². The van der Waals surface area contributed by atoms with Gasteiger partial charge in [0.2, 0.25) is 0 Å². The number of hydrogen-bond acceptors (Lipinski definition) is 2. The van der Waals surface area contributed by atoms with Gasteiger partial charge in [0.1, 0.15) is 11.2 Å². The molecule has 2 heterocycles. The van der Waals surface area contributed by atoms with E-state index < -0.39 is 0 Å². The average Bonchev–Trinajstić information content (AvgIpc) is 3.03. The molecular formula is C23H23N3O2. The van der Waals surface area contributed by atoms with Crippen LogP contribution in [-0.2, 0) is 13.0 Å². The molecule has 0 spiro atoms. The number of amides is 1. The second-order valence-corrected chi connectivity index (χ2v) is 7.34. The van der Waals surface area contributed by atoms with E-state index in [9.17, 15) is 9.59 Å². The van der Waals surface area contributed by atoms with Gasteiger partial charge in [0.15, 0.2) is 5.78 Å². The summed E-state index contributed by atoms with van der Waals surface area (Å²) in [5, 5.41) is 0. The fraction of sp³-hybridized carbons (Fsp3) is 0.261. The van der Waals surface area contributed by atoms with E-state index in [2.05, 4.69) is 41.2 Å². The molecule has 1 aromatic carbocycles. The van der Waals surface area contributed by atoms with Crippen LogP contribution < -0.4 is 5.49 Å². The number of carbonyl (C=O) groups excluding carboxylic acids is 2. The Morgan fingerprint density at radius 2 is 1.89 bits per heavy atom. The Kier molecular flexibility index (Phi) is 4.82. The SMILES string of the molecule is Cc1ccc(Cn2ccccc2=NC(=O)c2[nH]c3c(c2C)C(=O)CCC3)cc1. The molecule has 1 amide bonds. The molecule has 0 atom stereocenters. The minimum absolute atomic E-state index is 0.114. The van der Waals surface area contributed by atoms with E-state index in [-0.39, 0.29) is 11.7 Å². The lowest BCUT2D eigenvalue weighted by Gasteiger charge is -2.09. The fourth-order valence-corrected chi connectivity index (χ4v) is 3.74. The van der Waals surface area contributed by atoms with Gasteiger partial charge in [-0.1, -0.05) is 35.9 Å². The Morgan fingerprint density at radius 3 is 2.64 bits per heavy atom. The molecule has 0 saturated heterocycles. The molecule has 5 heteroatoms. The number of carbonyl (C=O) groups is 2. The van der Waals surface area contributed by atoms with E-state index in [1.807, 2.05) is 35.9 Å². The lowest BCUT2D eigenvalue weighted by molar-refractivity contribution is 0.0970. The highest BCUT2D eigenvalue weighted by molar-refractivity contribution is 6.04. The number of aromatic nitrogens is 2. The van der Waals surface area contributed by atoms with Gasteiger partial charge in [-0.05, 0) is 49.9 Å². The molecule has 1 N–H and O–H groups in total. The van der Waals surface area contributed by atoms with Gasteiger partial charge in [0.25, 0.3) is 5.91 Å². The van der Waals surface area contributed by atoms with E-state index in [1.54, 1.807) is 0 Å². The van der Waals surface area contributed by atoms with Gasteiger partial charge in [-0.25, -0.2) is 0 Å². The van der Waals surface area contributed by atoms with Crippen molar-refractivity contribution in [1.82, 2.24) is 9.55 Å². The van der Waals surface area contributed by atoms with Gasteiger partial charge >= 0.3 is 0 Å². The van der Waals surface area contributed by atoms with Crippen LogP contribution in [0.3, 0.4) is 0 Å². The minimum Gasteiger partial charge on any atom is -0.353 e. The van der Waals surface area contributed by atoms with Crippen molar-refractivity contribution >= 4 is 11.7 Å². The molecule has 3 aromatic rings. The number of fused-ring (bicyclic) bond motifs is 1. The molecule has 1 aliphatic rings. The Bertz CT molecular complexity index is 1120. The first kappa shape index (κ1) is 18.2. The molecule has 5 nitrogen and oxygen atoms in total. The number of nitrogens with one attached hydrogen (secondary N) is 1. The number of H-pyrrole nitrogens is 1. The van der Waals surface area contributed by atoms with Crippen LogP contribution in [-0.4, -0.2) is 21.2 Å². The van der Waals surface area contributed by atoms with Crippen LogP contribution in [0.15, 0.2) is 53.7 Å². The third-order valence-electron chi connectivity index (χ3n) is 5.26. The highest BCUT2D eigenvalue weighted by Crippen LogP contribution is 2.26. The monoisotopic (exact) mass is 373 g/mol. The van der Waals surface area contributed by atoms with Crippen molar-refractivity contribution in [3.05, 3.63) is 87.8 Å². The predicted octanol–water partition coefficient (Wildman–Crippen LogP) is 3.74. The maximum absolute atomic E-state index is 12.9. The van der Waals surface area contributed by atoms with Crippen LogP contribution in [0.4, 0.5) is 0 Å². The predicted molar refractivity (Wildman–Crippen MR) is 107 cm³/mol. The first-order chi connectivity index (χ1) is 13.5. The maximum atomic E-state index is 12.9. The van der Waals surface area contributed by atoms with Crippen LogP contribution in [0.25, 0.3) is 0 Å². The lowest BCUT2D eigenvalue weighted by Crippen LogP contribution is -2.22. The zero-order valence-electron chi connectivity index (χ0n) is 16.2. The van der Waals surface area contributed by atoms with Crippen molar-refractivity contribution in [2.75, 3.05) is 0 Å². The molecule has 0 unspecified atom stereocenters. The lowest BCUT2D eigenvalue weighted by atomic mass is 9.94. The number of pyridine rings is 1. The molecule has 0 radical (unpaired) electrons. The van der Waals surface area contributed by atoms with E-state index in [1.165, 1.54) is 5.56 Å². The van der Waals surface area contributed by atoms with Gasteiger partial charge in [0.05, 0.1) is 0 Å². The Hall–Kier alpha value is -3.21. The molecule has 142 valence electrons. The van der Waals surface area contributed by atoms with Gasteiger partial charge in [-0.15, -0.1) is 0 Å². The van der Waals surface area contributed by atoms with Crippen molar-refractivity contribution < 1.29 is 9.59 Å². The van der Waals surface area contributed by atoms with E-state index in [0.717, 1.165) is 29.7 Å². The number of rotatable bonds is 3. The minimum atomic E-state index is -0.344. The van der Waals surface area contributed by atoms with Crippen LogP contribution in [0.2, 0.25) is 0 Å². The first-order valence-corrected chi connectivity index (χ1v) is 9.57. The summed E-state index contributed by atoms with van der Waals surface area (Å²) in [6, 6.07) is 13.9. The number of benzene rings is 1. The quantitative estimate of drug-likeness (QED) is 0.760. The fourth-order valence-electron chi connectivity index (χ4n) is 3.74. The largest absolute Gasteiger partial charge is 0.353 e.